The molecule has 0 spiro atoms. The van der Waals surface area contributed by atoms with Crippen molar-refractivity contribution in [1.82, 2.24) is 14.7 Å². The molecule has 3 aromatic rings. The van der Waals surface area contributed by atoms with Gasteiger partial charge < -0.3 is 34.4 Å². The summed E-state index contributed by atoms with van der Waals surface area (Å²) in [4.78, 5) is 47.5. The van der Waals surface area contributed by atoms with Crippen LogP contribution in [-0.4, -0.2) is 106 Å². The number of likely N-dealkylation sites (N-methyl/N-ethyl adjacent to an activating group) is 1. The van der Waals surface area contributed by atoms with E-state index in [4.69, 9.17) is 9.47 Å². The number of likely N-dealkylation sites (tertiary alicyclic amines) is 1. The third-order valence-corrected chi connectivity index (χ3v) is 9.53. The van der Waals surface area contributed by atoms with Crippen LogP contribution in [0.25, 0.3) is 0 Å². The predicted octanol–water partition coefficient (Wildman–Crippen LogP) is 7.03. The van der Waals surface area contributed by atoms with Crippen molar-refractivity contribution in [3.8, 4) is 11.5 Å². The number of rotatable bonds is 16. The van der Waals surface area contributed by atoms with Crippen LogP contribution in [0.3, 0.4) is 0 Å². The fraction of sp³-hybridized carbons (Fsp3) is 0.475. The maximum absolute atomic E-state index is 13.5. The number of amides is 3. The van der Waals surface area contributed by atoms with Crippen LogP contribution >= 0.6 is 24.8 Å². The smallest absolute Gasteiger partial charge is 0.259 e. The Bertz CT molecular complexity index is 1550. The zero-order valence-corrected chi connectivity index (χ0v) is 32.2. The van der Waals surface area contributed by atoms with Gasteiger partial charge in [-0.25, -0.2) is 0 Å². The molecule has 284 valence electrons. The third kappa shape index (κ3) is 12.7. The molecule has 0 unspecified atom stereocenters. The maximum Gasteiger partial charge on any atom is 0.259 e. The molecule has 0 aliphatic carbocycles. The highest BCUT2D eigenvalue weighted by molar-refractivity contribution is 6.08. The maximum atomic E-state index is 13.5. The van der Waals surface area contributed by atoms with Crippen molar-refractivity contribution < 1.29 is 23.9 Å². The number of nitrogens with zero attached hydrogens (tertiary/aromatic N) is 4. The van der Waals surface area contributed by atoms with Crippen LogP contribution in [0.1, 0.15) is 72.1 Å². The summed E-state index contributed by atoms with van der Waals surface area (Å²) < 4.78 is 12.1. The van der Waals surface area contributed by atoms with Crippen LogP contribution in [-0.2, 0) is 4.79 Å². The molecule has 2 saturated heterocycles. The van der Waals surface area contributed by atoms with E-state index in [0.717, 1.165) is 71.5 Å². The van der Waals surface area contributed by atoms with E-state index in [1.54, 1.807) is 42.3 Å². The van der Waals surface area contributed by atoms with Gasteiger partial charge in [-0.15, -0.1) is 24.8 Å². The number of carbonyl (C=O) groups excluding carboxylic acids is 3. The Kier molecular flexibility index (Phi) is 18.2. The highest BCUT2D eigenvalue weighted by Crippen LogP contribution is 2.29. The Balaban J connectivity index is 0.00000364. The van der Waals surface area contributed by atoms with Gasteiger partial charge in [-0.1, -0.05) is 30.7 Å². The lowest BCUT2D eigenvalue weighted by atomic mass is 10.1. The minimum atomic E-state index is -0.263. The van der Waals surface area contributed by atoms with Crippen molar-refractivity contribution in [3.63, 3.8) is 0 Å². The number of halogens is 2. The molecular formula is C40H55Cl2N5O5. The monoisotopic (exact) mass is 755 g/mol. The zero-order valence-electron chi connectivity index (χ0n) is 30.6. The molecule has 0 aromatic heterocycles. The number of benzene rings is 3. The second-order valence-electron chi connectivity index (χ2n) is 13.3. The average Bonchev–Trinajstić information content (AvgIpc) is 3.15. The lowest BCUT2D eigenvalue weighted by Gasteiger charge is -2.32. The van der Waals surface area contributed by atoms with Crippen molar-refractivity contribution >= 4 is 53.9 Å². The molecule has 0 saturated carbocycles. The largest absolute Gasteiger partial charge is 0.493 e. The highest BCUT2D eigenvalue weighted by Gasteiger charge is 2.20. The van der Waals surface area contributed by atoms with Crippen molar-refractivity contribution in [2.45, 2.75) is 51.4 Å². The van der Waals surface area contributed by atoms with Crippen molar-refractivity contribution in [2.24, 2.45) is 0 Å². The number of nitrogens with one attached hydrogen (secondary N) is 1. The van der Waals surface area contributed by atoms with Crippen LogP contribution in [0.4, 0.5) is 11.4 Å². The SMILES string of the molecule is CN1CCN(C(=O)CCCCCOc2ccccc2N(C)C(=O)c2ccc(NC(=O)c3ccccc3OCCCN3CCCCC3)cc2)CC1.Cl.Cl. The number of hydrogen-bond donors (Lipinski definition) is 1. The molecule has 0 atom stereocenters. The minimum absolute atomic E-state index is 0. The van der Waals surface area contributed by atoms with Gasteiger partial charge in [0.25, 0.3) is 11.8 Å². The number of carbonyl (C=O) groups is 3. The van der Waals surface area contributed by atoms with Crippen LogP contribution in [0, 0.1) is 0 Å². The minimum Gasteiger partial charge on any atom is -0.493 e. The van der Waals surface area contributed by atoms with E-state index in [2.05, 4.69) is 22.2 Å². The standard InChI is InChI=1S/C40H53N5O5.2ClH/c1-42-26-28-45(29-27-42)38(46)18-5-3-12-30-50-37-17-9-7-15-35(37)43(2)40(48)32-19-21-33(22-20-32)41-39(47)34-14-6-8-16-36(34)49-31-13-25-44-23-10-4-11-24-44;;/h6-9,14-17,19-22H,3-5,10-13,18,23-31H2,1-2H3,(H,41,47);2*1H. The number of unbranched alkanes of at least 4 members (excludes halogenated alkanes) is 2. The van der Waals surface area contributed by atoms with Gasteiger partial charge in [0.15, 0.2) is 0 Å². The molecule has 2 heterocycles. The van der Waals surface area contributed by atoms with Crippen LogP contribution in [0.15, 0.2) is 72.8 Å². The summed E-state index contributed by atoms with van der Waals surface area (Å²) in [6.45, 7) is 7.88. The molecule has 2 aliphatic heterocycles. The van der Waals surface area contributed by atoms with Gasteiger partial charge in [0.05, 0.1) is 24.5 Å². The van der Waals surface area contributed by atoms with Gasteiger partial charge >= 0.3 is 0 Å². The molecule has 2 aliphatic rings. The van der Waals surface area contributed by atoms with Gasteiger partial charge in [0, 0.05) is 57.4 Å². The number of piperazine rings is 1. The third-order valence-electron chi connectivity index (χ3n) is 9.53. The summed E-state index contributed by atoms with van der Waals surface area (Å²) in [7, 11) is 3.82. The second-order valence-corrected chi connectivity index (χ2v) is 13.3. The number of hydrogen-bond acceptors (Lipinski definition) is 7. The fourth-order valence-electron chi connectivity index (χ4n) is 6.44. The Hall–Kier alpha value is -3.83. The lowest BCUT2D eigenvalue weighted by Crippen LogP contribution is -2.47. The van der Waals surface area contributed by atoms with Gasteiger partial charge in [-0.2, -0.15) is 0 Å². The Morgan fingerprint density at radius 1 is 0.712 bits per heavy atom. The Labute approximate surface area is 321 Å². The molecule has 0 bridgehead atoms. The van der Waals surface area contributed by atoms with E-state index in [1.807, 2.05) is 47.4 Å². The molecular weight excluding hydrogens is 701 g/mol. The van der Waals surface area contributed by atoms with E-state index < -0.39 is 0 Å². The van der Waals surface area contributed by atoms with Crippen LogP contribution in [0.2, 0.25) is 0 Å². The van der Waals surface area contributed by atoms with Gasteiger partial charge in [0.2, 0.25) is 5.91 Å². The number of ether oxygens (including phenoxy) is 2. The number of para-hydroxylation sites is 3. The summed E-state index contributed by atoms with van der Waals surface area (Å²) in [5.41, 5.74) is 2.22. The summed E-state index contributed by atoms with van der Waals surface area (Å²) >= 11 is 0. The van der Waals surface area contributed by atoms with E-state index in [1.165, 1.54) is 19.3 Å². The fourth-order valence-corrected chi connectivity index (χ4v) is 6.44. The molecule has 3 amide bonds. The first-order valence-corrected chi connectivity index (χ1v) is 18.2. The first-order chi connectivity index (χ1) is 24.4. The zero-order chi connectivity index (χ0) is 35.1. The van der Waals surface area contributed by atoms with Gasteiger partial charge in [-0.3, -0.25) is 14.4 Å². The molecule has 52 heavy (non-hydrogen) atoms. The van der Waals surface area contributed by atoms with E-state index in [9.17, 15) is 14.4 Å². The predicted molar refractivity (Wildman–Crippen MR) is 213 cm³/mol. The molecule has 5 rings (SSSR count). The number of piperidine rings is 1. The molecule has 2 fully saturated rings. The Morgan fingerprint density at radius 2 is 1.35 bits per heavy atom. The van der Waals surface area contributed by atoms with Gasteiger partial charge in [0.1, 0.15) is 11.5 Å². The van der Waals surface area contributed by atoms with Crippen molar-refractivity contribution in [3.05, 3.63) is 83.9 Å². The van der Waals surface area contributed by atoms with Gasteiger partial charge in [-0.05, 0) is 107 Å². The van der Waals surface area contributed by atoms with Crippen molar-refractivity contribution in [2.75, 3.05) is 83.3 Å². The van der Waals surface area contributed by atoms with E-state index in [0.29, 0.717) is 53.6 Å². The quantitative estimate of drug-likeness (QED) is 0.157. The number of anilines is 2. The van der Waals surface area contributed by atoms with Crippen LogP contribution < -0.4 is 19.7 Å². The molecule has 10 nitrogen and oxygen atoms in total. The molecule has 3 aromatic carbocycles. The highest BCUT2D eigenvalue weighted by atomic mass is 35.5. The average molecular weight is 757 g/mol. The normalized spacial score (nSPS) is 14.8. The molecule has 0 radical (unpaired) electrons. The topological polar surface area (TPSA) is 94.7 Å². The van der Waals surface area contributed by atoms with Crippen molar-refractivity contribution in [1.29, 1.82) is 0 Å². The second kappa shape index (κ2) is 22.3. The molecule has 12 heteroatoms. The summed E-state index contributed by atoms with van der Waals surface area (Å²) in [5.74, 6) is 0.983. The first kappa shape index (κ1) is 42.6. The summed E-state index contributed by atoms with van der Waals surface area (Å²) in [6, 6.07) is 21.7. The Morgan fingerprint density at radius 3 is 2.08 bits per heavy atom. The summed E-state index contributed by atoms with van der Waals surface area (Å²) in [6.07, 6.45) is 7.90. The lowest BCUT2D eigenvalue weighted by molar-refractivity contribution is -0.132. The van der Waals surface area contributed by atoms with E-state index in [-0.39, 0.29) is 42.5 Å². The first-order valence-electron chi connectivity index (χ1n) is 18.2. The van der Waals surface area contributed by atoms with Crippen LogP contribution in [0.5, 0.6) is 11.5 Å². The molecule has 1 N–H and O–H groups in total. The summed E-state index contributed by atoms with van der Waals surface area (Å²) in [5, 5.41) is 2.94. The van der Waals surface area contributed by atoms with E-state index >= 15 is 0 Å².